The molecule has 0 heterocycles. The van der Waals surface area contributed by atoms with Gasteiger partial charge in [0.05, 0.1) is 14.2 Å². The first-order valence-corrected chi connectivity index (χ1v) is 7.20. The van der Waals surface area contributed by atoms with Gasteiger partial charge < -0.3 is 14.8 Å². The average molecular weight is 299 g/mol. The summed E-state index contributed by atoms with van der Waals surface area (Å²) in [6, 6.07) is 13.5. The molecule has 2 aromatic rings. The highest BCUT2D eigenvalue weighted by molar-refractivity contribution is 5.91. The molecular weight excluding hydrogens is 278 g/mol. The lowest BCUT2D eigenvalue weighted by Gasteiger charge is -2.10. The van der Waals surface area contributed by atoms with Crippen LogP contribution in [0.25, 0.3) is 0 Å². The molecule has 0 aliphatic rings. The molecule has 1 amide bonds. The third-order valence-corrected chi connectivity index (χ3v) is 3.39. The third-order valence-electron chi connectivity index (χ3n) is 3.39. The molecule has 0 radical (unpaired) electrons. The van der Waals surface area contributed by atoms with E-state index in [0.29, 0.717) is 23.6 Å². The van der Waals surface area contributed by atoms with Gasteiger partial charge in [0.25, 0.3) is 0 Å². The fraction of sp³-hybridized carbons (Fsp3) is 0.278. The topological polar surface area (TPSA) is 47.6 Å². The number of anilines is 1. The number of hydrogen-bond acceptors (Lipinski definition) is 3. The van der Waals surface area contributed by atoms with Crippen molar-refractivity contribution in [2.45, 2.75) is 19.8 Å². The van der Waals surface area contributed by atoms with Gasteiger partial charge in [-0.2, -0.15) is 0 Å². The number of nitrogens with one attached hydrogen (secondary N) is 1. The van der Waals surface area contributed by atoms with Crippen LogP contribution in [0.5, 0.6) is 11.5 Å². The van der Waals surface area contributed by atoms with Crippen LogP contribution in [0.2, 0.25) is 0 Å². The van der Waals surface area contributed by atoms with Gasteiger partial charge in [-0.1, -0.05) is 29.8 Å². The lowest BCUT2D eigenvalue weighted by atomic mass is 10.1. The van der Waals surface area contributed by atoms with Crippen molar-refractivity contribution < 1.29 is 14.3 Å². The van der Waals surface area contributed by atoms with Crippen molar-refractivity contribution in [2.24, 2.45) is 0 Å². The van der Waals surface area contributed by atoms with Crippen molar-refractivity contribution in [3.8, 4) is 11.5 Å². The molecule has 0 aliphatic heterocycles. The second-order valence-corrected chi connectivity index (χ2v) is 5.11. The van der Waals surface area contributed by atoms with E-state index in [9.17, 15) is 4.79 Å². The van der Waals surface area contributed by atoms with Crippen molar-refractivity contribution in [2.75, 3.05) is 19.5 Å². The summed E-state index contributed by atoms with van der Waals surface area (Å²) in [5, 5.41) is 2.88. The maximum Gasteiger partial charge on any atom is 0.224 e. The van der Waals surface area contributed by atoms with Crippen LogP contribution in [-0.4, -0.2) is 20.1 Å². The summed E-state index contributed by atoms with van der Waals surface area (Å²) in [6.45, 7) is 2.05. The average Bonchev–Trinajstić information content (AvgIpc) is 2.53. The molecule has 0 atom stereocenters. The number of rotatable bonds is 6. The summed E-state index contributed by atoms with van der Waals surface area (Å²) >= 11 is 0. The Hall–Kier alpha value is -2.49. The van der Waals surface area contributed by atoms with Crippen molar-refractivity contribution in [1.82, 2.24) is 0 Å². The van der Waals surface area contributed by atoms with Crippen LogP contribution in [0, 0.1) is 6.92 Å². The molecular formula is C18H21NO3. The number of carbonyl (C=O) groups is 1. The van der Waals surface area contributed by atoms with E-state index in [0.717, 1.165) is 6.42 Å². The molecule has 1 N–H and O–H groups in total. The van der Waals surface area contributed by atoms with Crippen molar-refractivity contribution in [3.05, 3.63) is 53.6 Å². The Morgan fingerprint density at radius 2 is 1.82 bits per heavy atom. The number of aryl methyl sites for hydroxylation is 2. The van der Waals surface area contributed by atoms with Crippen molar-refractivity contribution in [1.29, 1.82) is 0 Å². The van der Waals surface area contributed by atoms with Crippen LogP contribution in [0.15, 0.2) is 42.5 Å². The Morgan fingerprint density at radius 3 is 2.50 bits per heavy atom. The number of amides is 1. The van der Waals surface area contributed by atoms with Crippen LogP contribution >= 0.6 is 0 Å². The minimum Gasteiger partial charge on any atom is -0.493 e. The van der Waals surface area contributed by atoms with E-state index >= 15 is 0 Å². The largest absolute Gasteiger partial charge is 0.493 e. The number of hydrogen-bond donors (Lipinski definition) is 1. The van der Waals surface area contributed by atoms with E-state index < -0.39 is 0 Å². The van der Waals surface area contributed by atoms with E-state index in [4.69, 9.17) is 9.47 Å². The molecule has 116 valence electrons. The minimum atomic E-state index is -0.0197. The van der Waals surface area contributed by atoms with E-state index in [2.05, 4.69) is 11.4 Å². The molecule has 2 rings (SSSR count). The molecule has 0 unspecified atom stereocenters. The quantitative estimate of drug-likeness (QED) is 0.887. The summed E-state index contributed by atoms with van der Waals surface area (Å²) in [4.78, 5) is 12.0. The number of methoxy groups -OCH3 is 2. The molecule has 2 aromatic carbocycles. The molecule has 4 heteroatoms. The fourth-order valence-electron chi connectivity index (χ4n) is 2.26. The smallest absolute Gasteiger partial charge is 0.224 e. The van der Waals surface area contributed by atoms with Gasteiger partial charge in [0.15, 0.2) is 11.5 Å². The zero-order chi connectivity index (χ0) is 15.9. The first-order valence-electron chi connectivity index (χ1n) is 7.20. The Kier molecular flexibility index (Phi) is 5.42. The fourth-order valence-corrected chi connectivity index (χ4v) is 2.26. The van der Waals surface area contributed by atoms with Crippen LogP contribution in [0.1, 0.15) is 17.5 Å². The summed E-state index contributed by atoms with van der Waals surface area (Å²) in [5.41, 5.74) is 3.08. The first-order chi connectivity index (χ1) is 10.6. The predicted octanol–water partition coefficient (Wildman–Crippen LogP) is 3.58. The van der Waals surface area contributed by atoms with Gasteiger partial charge in [0.2, 0.25) is 5.91 Å². The van der Waals surface area contributed by atoms with Crippen molar-refractivity contribution >= 4 is 11.6 Å². The van der Waals surface area contributed by atoms with Crippen LogP contribution in [-0.2, 0) is 11.2 Å². The monoisotopic (exact) mass is 299 g/mol. The third kappa shape index (κ3) is 4.25. The molecule has 22 heavy (non-hydrogen) atoms. The lowest BCUT2D eigenvalue weighted by molar-refractivity contribution is -0.116. The highest BCUT2D eigenvalue weighted by Gasteiger charge is 2.07. The SMILES string of the molecule is COc1ccc(NC(=O)CCc2cccc(C)c2)cc1OC. The normalized spacial score (nSPS) is 10.1. The first kappa shape index (κ1) is 15.9. The maximum absolute atomic E-state index is 12.0. The molecule has 0 saturated carbocycles. The van der Waals surface area contributed by atoms with E-state index in [1.165, 1.54) is 11.1 Å². The molecule has 0 bridgehead atoms. The molecule has 0 aliphatic carbocycles. The highest BCUT2D eigenvalue weighted by Crippen LogP contribution is 2.29. The lowest BCUT2D eigenvalue weighted by Crippen LogP contribution is -2.12. The Labute approximate surface area is 131 Å². The summed E-state index contributed by atoms with van der Waals surface area (Å²) in [6.07, 6.45) is 1.17. The second-order valence-electron chi connectivity index (χ2n) is 5.11. The maximum atomic E-state index is 12.0. The number of benzene rings is 2. The van der Waals surface area contributed by atoms with Crippen LogP contribution < -0.4 is 14.8 Å². The molecule has 4 nitrogen and oxygen atoms in total. The Bertz CT molecular complexity index is 653. The van der Waals surface area contributed by atoms with Gasteiger partial charge in [-0.25, -0.2) is 0 Å². The predicted molar refractivity (Wildman–Crippen MR) is 87.7 cm³/mol. The standard InChI is InChI=1S/C18H21NO3/c1-13-5-4-6-14(11-13)7-10-18(20)19-15-8-9-16(21-2)17(12-15)22-3/h4-6,8-9,11-12H,7,10H2,1-3H3,(H,19,20). The Morgan fingerprint density at radius 1 is 1.05 bits per heavy atom. The second kappa shape index (κ2) is 7.50. The number of carbonyl (C=O) groups excluding carboxylic acids is 1. The molecule has 0 fully saturated rings. The van der Waals surface area contributed by atoms with Gasteiger partial charge >= 0.3 is 0 Å². The number of ether oxygens (including phenoxy) is 2. The van der Waals surface area contributed by atoms with Gasteiger partial charge in [-0.05, 0) is 31.0 Å². The molecule has 0 aromatic heterocycles. The van der Waals surface area contributed by atoms with Gasteiger partial charge in [-0.3, -0.25) is 4.79 Å². The Balaban J connectivity index is 1.94. The van der Waals surface area contributed by atoms with E-state index in [1.54, 1.807) is 32.4 Å². The molecule has 0 saturated heterocycles. The minimum absolute atomic E-state index is 0.0197. The highest BCUT2D eigenvalue weighted by atomic mass is 16.5. The van der Waals surface area contributed by atoms with Crippen LogP contribution in [0.4, 0.5) is 5.69 Å². The zero-order valence-corrected chi connectivity index (χ0v) is 13.2. The summed E-state index contributed by atoms with van der Waals surface area (Å²) in [5.74, 6) is 1.22. The zero-order valence-electron chi connectivity index (χ0n) is 13.2. The van der Waals surface area contributed by atoms with Crippen molar-refractivity contribution in [3.63, 3.8) is 0 Å². The van der Waals surface area contributed by atoms with Gasteiger partial charge in [-0.15, -0.1) is 0 Å². The summed E-state index contributed by atoms with van der Waals surface area (Å²) in [7, 11) is 3.15. The van der Waals surface area contributed by atoms with E-state index in [1.807, 2.05) is 25.1 Å². The van der Waals surface area contributed by atoms with Gasteiger partial charge in [0, 0.05) is 18.2 Å². The van der Waals surface area contributed by atoms with Gasteiger partial charge in [0.1, 0.15) is 0 Å². The molecule has 0 spiro atoms. The van der Waals surface area contributed by atoms with E-state index in [-0.39, 0.29) is 5.91 Å². The summed E-state index contributed by atoms with van der Waals surface area (Å²) < 4.78 is 10.4. The van der Waals surface area contributed by atoms with Crippen LogP contribution in [0.3, 0.4) is 0 Å².